The van der Waals surface area contributed by atoms with Gasteiger partial charge in [0.2, 0.25) is 5.89 Å². The first-order valence-electron chi connectivity index (χ1n) is 6.05. The maximum Gasteiger partial charge on any atom is 0.318 e. The quantitative estimate of drug-likeness (QED) is 0.792. The van der Waals surface area contributed by atoms with Crippen molar-refractivity contribution in [1.82, 2.24) is 15.5 Å². The third-order valence-corrected chi connectivity index (χ3v) is 3.14. The highest BCUT2D eigenvalue weighted by atomic mass is 16.4. The van der Waals surface area contributed by atoms with Crippen LogP contribution in [-0.4, -0.2) is 30.3 Å². The molecule has 1 aliphatic carbocycles. The zero-order valence-corrected chi connectivity index (χ0v) is 10.1. The van der Waals surface area contributed by atoms with Crippen molar-refractivity contribution >= 4 is 6.01 Å². The number of aromatic nitrogens is 2. The minimum atomic E-state index is 0.633. The molecule has 0 bridgehead atoms. The molecule has 0 radical (unpaired) electrons. The first-order chi connectivity index (χ1) is 7.83. The van der Waals surface area contributed by atoms with Gasteiger partial charge in [-0.2, -0.15) is 0 Å². The van der Waals surface area contributed by atoms with Crippen LogP contribution in [0, 0.1) is 5.92 Å². The maximum atomic E-state index is 5.59. The van der Waals surface area contributed by atoms with Gasteiger partial charge in [-0.05, 0) is 32.7 Å². The Labute approximate surface area is 96.2 Å². The van der Waals surface area contributed by atoms with Crippen LogP contribution in [0.15, 0.2) is 4.42 Å². The topological polar surface area (TPSA) is 54.2 Å². The van der Waals surface area contributed by atoms with E-state index >= 15 is 0 Å². The molecule has 1 saturated carbocycles. The molecule has 1 fully saturated rings. The van der Waals surface area contributed by atoms with Crippen molar-refractivity contribution < 1.29 is 4.42 Å². The van der Waals surface area contributed by atoms with E-state index in [4.69, 9.17) is 4.42 Å². The molecule has 5 heteroatoms. The number of hydrogen-bond acceptors (Lipinski definition) is 5. The van der Waals surface area contributed by atoms with Crippen molar-refractivity contribution in [3.8, 4) is 0 Å². The molecule has 1 aliphatic rings. The van der Waals surface area contributed by atoms with E-state index in [1.807, 2.05) is 7.05 Å². The molecule has 0 amide bonds. The van der Waals surface area contributed by atoms with E-state index in [-0.39, 0.29) is 0 Å². The fourth-order valence-corrected chi connectivity index (χ4v) is 1.92. The standard InChI is InChI=1S/C11H20N4O/c1-3-15(8-9-5-4-6-9)11-14-13-10(16-11)7-12-2/h9,12H,3-8H2,1-2H3. The summed E-state index contributed by atoms with van der Waals surface area (Å²) in [7, 11) is 1.87. The molecule has 16 heavy (non-hydrogen) atoms. The van der Waals surface area contributed by atoms with Crippen molar-refractivity contribution in [3.05, 3.63) is 5.89 Å². The monoisotopic (exact) mass is 224 g/mol. The molecule has 0 spiro atoms. The van der Waals surface area contributed by atoms with Crippen LogP contribution in [0.1, 0.15) is 32.1 Å². The summed E-state index contributed by atoms with van der Waals surface area (Å²) in [4.78, 5) is 2.18. The minimum absolute atomic E-state index is 0.633. The van der Waals surface area contributed by atoms with Crippen LogP contribution in [0.25, 0.3) is 0 Å². The molecule has 0 aromatic carbocycles. The first-order valence-corrected chi connectivity index (χ1v) is 6.05. The van der Waals surface area contributed by atoms with Crippen LogP contribution in [-0.2, 0) is 6.54 Å². The van der Waals surface area contributed by atoms with Crippen LogP contribution in [0.2, 0.25) is 0 Å². The summed E-state index contributed by atoms with van der Waals surface area (Å²) >= 11 is 0. The van der Waals surface area contributed by atoms with Gasteiger partial charge in [0.05, 0.1) is 6.54 Å². The Hall–Kier alpha value is -1.10. The molecule has 0 aliphatic heterocycles. The van der Waals surface area contributed by atoms with Gasteiger partial charge in [0.1, 0.15) is 0 Å². The van der Waals surface area contributed by atoms with E-state index in [1.54, 1.807) is 0 Å². The van der Waals surface area contributed by atoms with Gasteiger partial charge in [0.25, 0.3) is 0 Å². The second kappa shape index (κ2) is 5.30. The van der Waals surface area contributed by atoms with Gasteiger partial charge in [-0.15, -0.1) is 5.10 Å². The first kappa shape index (κ1) is 11.4. The average molecular weight is 224 g/mol. The molecular weight excluding hydrogens is 204 g/mol. The van der Waals surface area contributed by atoms with Crippen LogP contribution >= 0.6 is 0 Å². The molecule has 0 atom stereocenters. The SMILES string of the molecule is CCN(CC1CCC1)c1nnc(CNC)o1. The van der Waals surface area contributed by atoms with Gasteiger partial charge in [0, 0.05) is 13.1 Å². The second-order valence-corrected chi connectivity index (χ2v) is 4.34. The smallest absolute Gasteiger partial charge is 0.318 e. The third-order valence-electron chi connectivity index (χ3n) is 3.14. The Bertz CT molecular complexity index is 322. The van der Waals surface area contributed by atoms with Crippen molar-refractivity contribution in [2.75, 3.05) is 25.0 Å². The van der Waals surface area contributed by atoms with Gasteiger partial charge < -0.3 is 14.6 Å². The lowest BCUT2D eigenvalue weighted by Crippen LogP contribution is -2.32. The predicted molar refractivity (Wildman–Crippen MR) is 62.3 cm³/mol. The zero-order chi connectivity index (χ0) is 11.4. The molecule has 0 saturated heterocycles. The summed E-state index contributed by atoms with van der Waals surface area (Å²) in [6.45, 7) is 4.74. The summed E-state index contributed by atoms with van der Waals surface area (Å²) in [5.74, 6) is 1.48. The number of nitrogens with zero attached hydrogens (tertiary/aromatic N) is 3. The molecule has 0 unspecified atom stereocenters. The van der Waals surface area contributed by atoms with E-state index in [2.05, 4.69) is 27.3 Å². The lowest BCUT2D eigenvalue weighted by molar-refractivity contribution is 0.312. The number of rotatable bonds is 6. The lowest BCUT2D eigenvalue weighted by Gasteiger charge is -2.30. The molecule has 5 nitrogen and oxygen atoms in total. The van der Waals surface area contributed by atoms with Gasteiger partial charge >= 0.3 is 6.01 Å². The highest BCUT2D eigenvalue weighted by Gasteiger charge is 2.22. The Balaban J connectivity index is 1.95. The van der Waals surface area contributed by atoms with Gasteiger partial charge in [-0.1, -0.05) is 11.5 Å². The molecule has 90 valence electrons. The summed E-state index contributed by atoms with van der Waals surface area (Å²) in [6.07, 6.45) is 4.05. The highest BCUT2D eigenvalue weighted by Crippen LogP contribution is 2.28. The Morgan fingerprint density at radius 2 is 2.25 bits per heavy atom. The van der Waals surface area contributed by atoms with Gasteiger partial charge in [-0.25, -0.2) is 0 Å². The molecule has 1 aromatic heterocycles. The fourth-order valence-electron chi connectivity index (χ4n) is 1.92. The van der Waals surface area contributed by atoms with Crippen molar-refractivity contribution in [3.63, 3.8) is 0 Å². The molecule has 2 rings (SSSR count). The Kier molecular flexibility index (Phi) is 3.77. The largest absolute Gasteiger partial charge is 0.407 e. The number of hydrogen-bond donors (Lipinski definition) is 1. The molecular formula is C11H20N4O. The average Bonchev–Trinajstić information content (AvgIpc) is 2.66. The van der Waals surface area contributed by atoms with Crippen LogP contribution in [0.3, 0.4) is 0 Å². The fraction of sp³-hybridized carbons (Fsp3) is 0.818. The molecule has 1 N–H and O–H groups in total. The normalized spacial score (nSPS) is 16.1. The molecule has 1 heterocycles. The van der Waals surface area contributed by atoms with Crippen molar-refractivity contribution in [2.24, 2.45) is 5.92 Å². The van der Waals surface area contributed by atoms with E-state index in [0.717, 1.165) is 19.0 Å². The number of nitrogens with one attached hydrogen (secondary N) is 1. The van der Waals surface area contributed by atoms with Crippen LogP contribution < -0.4 is 10.2 Å². The van der Waals surface area contributed by atoms with E-state index in [0.29, 0.717) is 18.5 Å². The summed E-state index contributed by atoms with van der Waals surface area (Å²) < 4.78 is 5.59. The van der Waals surface area contributed by atoms with E-state index < -0.39 is 0 Å². The molecule has 1 aromatic rings. The van der Waals surface area contributed by atoms with Crippen LogP contribution in [0.4, 0.5) is 6.01 Å². The van der Waals surface area contributed by atoms with Gasteiger partial charge in [0.15, 0.2) is 0 Å². The maximum absolute atomic E-state index is 5.59. The van der Waals surface area contributed by atoms with Crippen molar-refractivity contribution in [2.45, 2.75) is 32.7 Å². The van der Waals surface area contributed by atoms with E-state index in [1.165, 1.54) is 19.3 Å². The Morgan fingerprint density at radius 3 is 2.81 bits per heavy atom. The summed E-state index contributed by atoms with van der Waals surface area (Å²) in [5, 5.41) is 11.1. The number of anilines is 1. The lowest BCUT2D eigenvalue weighted by atomic mass is 9.85. The van der Waals surface area contributed by atoms with E-state index in [9.17, 15) is 0 Å². The predicted octanol–water partition coefficient (Wildman–Crippen LogP) is 1.42. The van der Waals surface area contributed by atoms with Crippen molar-refractivity contribution in [1.29, 1.82) is 0 Å². The van der Waals surface area contributed by atoms with Crippen LogP contribution in [0.5, 0.6) is 0 Å². The summed E-state index contributed by atoms with van der Waals surface area (Å²) in [6, 6.07) is 0.666. The Morgan fingerprint density at radius 1 is 1.44 bits per heavy atom. The zero-order valence-electron chi connectivity index (χ0n) is 10.1. The summed E-state index contributed by atoms with van der Waals surface area (Å²) in [5.41, 5.74) is 0. The van der Waals surface area contributed by atoms with Gasteiger partial charge in [-0.3, -0.25) is 0 Å². The highest BCUT2D eigenvalue weighted by molar-refractivity contribution is 5.23. The third kappa shape index (κ3) is 2.52. The second-order valence-electron chi connectivity index (χ2n) is 4.34. The minimum Gasteiger partial charge on any atom is -0.407 e.